The van der Waals surface area contributed by atoms with E-state index in [9.17, 15) is 0 Å². The molecule has 0 fully saturated rings. The van der Waals surface area contributed by atoms with Crippen molar-refractivity contribution < 1.29 is 0 Å². The maximum Gasteiger partial charge on any atom is 0.147 e. The molecule has 0 N–H and O–H groups in total. The van der Waals surface area contributed by atoms with Gasteiger partial charge in [0.05, 0.1) is 0 Å². The van der Waals surface area contributed by atoms with E-state index in [4.69, 9.17) is 0 Å². The van der Waals surface area contributed by atoms with Gasteiger partial charge in [0.2, 0.25) is 0 Å². The van der Waals surface area contributed by atoms with E-state index in [1.165, 1.54) is 0 Å². The number of aromatic nitrogens is 4. The Hall–Kier alpha value is -1.71. The first kappa shape index (κ1) is 6.03. The van der Waals surface area contributed by atoms with Crippen molar-refractivity contribution in [2.45, 2.75) is 0 Å². The van der Waals surface area contributed by atoms with Gasteiger partial charge in [-0.3, -0.25) is 4.57 Å². The van der Waals surface area contributed by atoms with Crippen LogP contribution in [0.4, 0.5) is 0 Å². The Labute approximate surface area is 63.5 Å². The minimum Gasteiger partial charge on any atom is -0.271 e. The lowest BCUT2D eigenvalue weighted by Crippen LogP contribution is -1.92. The summed E-state index contributed by atoms with van der Waals surface area (Å²) in [7, 11) is 0. The van der Waals surface area contributed by atoms with Gasteiger partial charge in [0.25, 0.3) is 0 Å². The summed E-state index contributed by atoms with van der Waals surface area (Å²) in [5, 5.41) is 7.30. The van der Waals surface area contributed by atoms with E-state index in [0.29, 0.717) is 5.82 Å². The molecule has 2 heterocycles. The van der Waals surface area contributed by atoms with Crippen molar-refractivity contribution in [2.75, 3.05) is 0 Å². The maximum atomic E-state index is 4.05. The zero-order valence-electron chi connectivity index (χ0n) is 5.68. The molecule has 0 unspecified atom stereocenters. The van der Waals surface area contributed by atoms with Crippen LogP contribution in [-0.4, -0.2) is 19.7 Å². The van der Waals surface area contributed by atoms with Gasteiger partial charge in [-0.25, -0.2) is 4.98 Å². The molecule has 0 aliphatic carbocycles. The third-order valence-electron chi connectivity index (χ3n) is 1.25. The highest BCUT2D eigenvalue weighted by molar-refractivity contribution is 5.17. The molecule has 4 heteroatoms. The van der Waals surface area contributed by atoms with Crippen molar-refractivity contribution in [1.29, 1.82) is 0 Å². The van der Waals surface area contributed by atoms with Crippen molar-refractivity contribution in [3.63, 3.8) is 0 Å². The molecule has 2 rings (SSSR count). The van der Waals surface area contributed by atoms with Crippen LogP contribution in [0, 0.1) is 6.07 Å². The summed E-state index contributed by atoms with van der Waals surface area (Å²) in [6.07, 6.45) is 4.86. The molecule has 0 aliphatic rings. The Morgan fingerprint density at radius 2 is 2.09 bits per heavy atom. The van der Waals surface area contributed by atoms with Crippen molar-refractivity contribution in [2.24, 2.45) is 0 Å². The quantitative estimate of drug-likeness (QED) is 0.585. The van der Waals surface area contributed by atoms with Crippen LogP contribution in [0.5, 0.6) is 0 Å². The van der Waals surface area contributed by atoms with Gasteiger partial charge in [-0.1, -0.05) is 0 Å². The Morgan fingerprint density at radius 3 is 2.73 bits per heavy atom. The minimum atomic E-state index is 0.706. The molecule has 0 amide bonds. The topological polar surface area (TPSA) is 43.6 Å². The van der Waals surface area contributed by atoms with E-state index in [-0.39, 0.29) is 0 Å². The highest BCUT2D eigenvalue weighted by Crippen LogP contribution is 1.97. The van der Waals surface area contributed by atoms with Crippen molar-refractivity contribution >= 4 is 0 Å². The van der Waals surface area contributed by atoms with Crippen LogP contribution < -0.4 is 0 Å². The zero-order valence-corrected chi connectivity index (χ0v) is 5.68. The molecule has 0 spiro atoms. The molecular formula is C7H5N4. The van der Waals surface area contributed by atoms with Gasteiger partial charge < -0.3 is 0 Å². The summed E-state index contributed by atoms with van der Waals surface area (Å²) in [4.78, 5) is 4.05. The van der Waals surface area contributed by atoms with Crippen LogP contribution in [0.25, 0.3) is 5.82 Å². The van der Waals surface area contributed by atoms with E-state index in [1.54, 1.807) is 29.5 Å². The zero-order chi connectivity index (χ0) is 7.52. The average Bonchev–Trinajstić information content (AvgIpc) is 2.58. The minimum absolute atomic E-state index is 0.706. The molecule has 11 heavy (non-hydrogen) atoms. The van der Waals surface area contributed by atoms with Crippen LogP contribution in [0.1, 0.15) is 0 Å². The summed E-state index contributed by atoms with van der Waals surface area (Å²) in [6.45, 7) is 0. The molecule has 0 aromatic carbocycles. The second-order valence-corrected chi connectivity index (χ2v) is 1.97. The molecule has 0 saturated carbocycles. The predicted octanol–water partition coefficient (Wildman–Crippen LogP) is 0.462. The first-order valence-corrected chi connectivity index (χ1v) is 3.14. The molecule has 0 saturated heterocycles. The lowest BCUT2D eigenvalue weighted by Gasteiger charge is -1.95. The fourth-order valence-electron chi connectivity index (χ4n) is 0.768. The molecular weight excluding hydrogens is 140 g/mol. The van der Waals surface area contributed by atoms with Gasteiger partial charge in [-0.15, -0.1) is 10.2 Å². The number of hydrogen-bond donors (Lipinski definition) is 0. The summed E-state index contributed by atoms with van der Waals surface area (Å²) in [5.74, 6) is 0.706. The summed E-state index contributed by atoms with van der Waals surface area (Å²) >= 11 is 0. The lowest BCUT2D eigenvalue weighted by atomic mass is 10.5. The van der Waals surface area contributed by atoms with E-state index < -0.39 is 0 Å². The second kappa shape index (κ2) is 2.49. The Balaban J connectivity index is 2.46. The maximum absolute atomic E-state index is 4.05. The SMILES string of the molecule is [c]1cccnc1-n1cnnc1. The Bertz CT molecular complexity index is 313. The summed E-state index contributed by atoms with van der Waals surface area (Å²) in [5.41, 5.74) is 0. The third-order valence-corrected chi connectivity index (χ3v) is 1.25. The molecule has 0 atom stereocenters. The van der Waals surface area contributed by atoms with E-state index in [0.717, 1.165) is 0 Å². The van der Waals surface area contributed by atoms with Gasteiger partial charge in [0, 0.05) is 12.3 Å². The highest BCUT2D eigenvalue weighted by Gasteiger charge is 1.93. The molecule has 1 radical (unpaired) electrons. The fourth-order valence-corrected chi connectivity index (χ4v) is 0.768. The van der Waals surface area contributed by atoms with Gasteiger partial charge >= 0.3 is 0 Å². The number of rotatable bonds is 1. The predicted molar refractivity (Wildman–Crippen MR) is 38.0 cm³/mol. The molecule has 0 aliphatic heterocycles. The number of nitrogens with zero attached hydrogens (tertiary/aromatic N) is 4. The number of pyridine rings is 1. The van der Waals surface area contributed by atoms with Crippen LogP contribution >= 0.6 is 0 Å². The van der Waals surface area contributed by atoms with Gasteiger partial charge in [0.1, 0.15) is 18.5 Å². The van der Waals surface area contributed by atoms with Crippen LogP contribution in [0.15, 0.2) is 31.0 Å². The van der Waals surface area contributed by atoms with Crippen molar-refractivity contribution in [1.82, 2.24) is 19.7 Å². The third kappa shape index (κ3) is 1.10. The summed E-state index contributed by atoms with van der Waals surface area (Å²) in [6, 6.07) is 6.55. The standard InChI is InChI=1S/C7H5N4/c1-2-4-8-7(3-1)11-5-9-10-6-11/h1-2,4-6H. The van der Waals surface area contributed by atoms with Gasteiger partial charge in [0.15, 0.2) is 0 Å². The smallest absolute Gasteiger partial charge is 0.147 e. The highest BCUT2D eigenvalue weighted by atomic mass is 15.2. The second-order valence-electron chi connectivity index (χ2n) is 1.97. The number of hydrogen-bond acceptors (Lipinski definition) is 3. The van der Waals surface area contributed by atoms with E-state index in [2.05, 4.69) is 21.2 Å². The largest absolute Gasteiger partial charge is 0.271 e. The van der Waals surface area contributed by atoms with E-state index >= 15 is 0 Å². The first-order chi connectivity index (χ1) is 5.47. The molecule has 2 aromatic rings. The van der Waals surface area contributed by atoms with Crippen LogP contribution in [0.2, 0.25) is 0 Å². The average molecular weight is 145 g/mol. The molecule has 0 bridgehead atoms. The van der Waals surface area contributed by atoms with Crippen LogP contribution in [0.3, 0.4) is 0 Å². The fraction of sp³-hybridized carbons (Fsp3) is 0. The van der Waals surface area contributed by atoms with Crippen molar-refractivity contribution in [3.05, 3.63) is 37.1 Å². The van der Waals surface area contributed by atoms with Gasteiger partial charge in [-0.2, -0.15) is 0 Å². The summed E-state index contributed by atoms with van der Waals surface area (Å²) < 4.78 is 1.69. The van der Waals surface area contributed by atoms with Crippen molar-refractivity contribution in [3.8, 4) is 5.82 Å². The van der Waals surface area contributed by atoms with E-state index in [1.807, 2.05) is 6.07 Å². The molecule has 4 nitrogen and oxygen atoms in total. The van der Waals surface area contributed by atoms with Crippen LogP contribution in [-0.2, 0) is 0 Å². The lowest BCUT2D eigenvalue weighted by molar-refractivity contribution is 0.988. The monoisotopic (exact) mass is 145 g/mol. The Morgan fingerprint density at radius 1 is 1.27 bits per heavy atom. The van der Waals surface area contributed by atoms with Gasteiger partial charge in [-0.05, 0) is 12.1 Å². The molecule has 2 aromatic heterocycles. The first-order valence-electron chi connectivity index (χ1n) is 3.14. The normalized spacial score (nSPS) is 9.82. The Kier molecular flexibility index (Phi) is 1.37. The molecule has 53 valence electrons.